The van der Waals surface area contributed by atoms with Gasteiger partial charge in [0.05, 0.1) is 0 Å². The summed E-state index contributed by atoms with van der Waals surface area (Å²) in [6.07, 6.45) is 0. The summed E-state index contributed by atoms with van der Waals surface area (Å²) in [6.45, 7) is 8.32. The Bertz CT molecular complexity index is 526. The molecule has 0 aliphatic heterocycles. The fourth-order valence-electron chi connectivity index (χ4n) is 1.81. The number of halogens is 1. The van der Waals surface area contributed by atoms with Crippen molar-refractivity contribution in [3.8, 4) is 0 Å². The van der Waals surface area contributed by atoms with Crippen molar-refractivity contribution in [3.63, 3.8) is 0 Å². The first-order chi connectivity index (χ1) is 8.56. The van der Waals surface area contributed by atoms with Crippen molar-refractivity contribution in [2.45, 2.75) is 33.9 Å². The molecule has 1 nitrogen and oxygen atoms in total. The lowest BCUT2D eigenvalue weighted by Crippen LogP contribution is -2.11. The molecule has 0 spiro atoms. The Morgan fingerprint density at radius 3 is 2.44 bits per heavy atom. The normalized spacial score (nSPS) is 10.9. The van der Waals surface area contributed by atoms with Crippen LogP contribution in [0.15, 0.2) is 28.7 Å². The standard InChI is InChI=1S/C15H18BrNS/c1-10-4-5-13(7-15(10)16)8-17-9-14-6-11(2)12(3)18-14/h4-7,17H,8-9H2,1-3H3. The average molecular weight is 324 g/mol. The molecule has 1 aromatic carbocycles. The fraction of sp³-hybridized carbons (Fsp3) is 0.333. The third-order valence-electron chi connectivity index (χ3n) is 3.08. The maximum atomic E-state index is 3.57. The smallest absolute Gasteiger partial charge is 0.0303 e. The molecule has 3 heteroatoms. The van der Waals surface area contributed by atoms with E-state index in [1.54, 1.807) is 0 Å². The van der Waals surface area contributed by atoms with Gasteiger partial charge in [-0.15, -0.1) is 11.3 Å². The van der Waals surface area contributed by atoms with E-state index >= 15 is 0 Å². The van der Waals surface area contributed by atoms with Crippen molar-refractivity contribution in [2.24, 2.45) is 0 Å². The van der Waals surface area contributed by atoms with Gasteiger partial charge in [-0.1, -0.05) is 28.1 Å². The van der Waals surface area contributed by atoms with Gasteiger partial charge in [-0.2, -0.15) is 0 Å². The summed E-state index contributed by atoms with van der Waals surface area (Å²) in [5.74, 6) is 0. The highest BCUT2D eigenvalue weighted by molar-refractivity contribution is 9.10. The van der Waals surface area contributed by atoms with Crippen LogP contribution in [-0.2, 0) is 13.1 Å². The molecule has 0 amide bonds. The van der Waals surface area contributed by atoms with Crippen LogP contribution in [0.4, 0.5) is 0 Å². The Balaban J connectivity index is 1.90. The van der Waals surface area contributed by atoms with Crippen LogP contribution in [-0.4, -0.2) is 0 Å². The second kappa shape index (κ2) is 6.00. The van der Waals surface area contributed by atoms with E-state index in [4.69, 9.17) is 0 Å². The van der Waals surface area contributed by atoms with Crippen molar-refractivity contribution in [3.05, 3.63) is 55.2 Å². The SMILES string of the molecule is Cc1ccc(CNCc2cc(C)c(C)s2)cc1Br. The molecule has 96 valence electrons. The van der Waals surface area contributed by atoms with Gasteiger partial charge in [0.1, 0.15) is 0 Å². The molecule has 0 saturated heterocycles. The number of nitrogens with one attached hydrogen (secondary N) is 1. The summed E-state index contributed by atoms with van der Waals surface area (Å²) in [4.78, 5) is 2.83. The van der Waals surface area contributed by atoms with Crippen LogP contribution >= 0.6 is 27.3 Å². The van der Waals surface area contributed by atoms with Crippen LogP contribution in [0.25, 0.3) is 0 Å². The van der Waals surface area contributed by atoms with E-state index in [9.17, 15) is 0 Å². The zero-order valence-corrected chi connectivity index (χ0v) is 13.4. The minimum Gasteiger partial charge on any atom is -0.308 e. The van der Waals surface area contributed by atoms with Gasteiger partial charge >= 0.3 is 0 Å². The quantitative estimate of drug-likeness (QED) is 0.858. The predicted octanol–water partition coefficient (Wildman–Crippen LogP) is 4.73. The number of hydrogen-bond donors (Lipinski definition) is 1. The molecule has 0 atom stereocenters. The van der Waals surface area contributed by atoms with Gasteiger partial charge < -0.3 is 5.32 Å². The zero-order valence-electron chi connectivity index (χ0n) is 11.0. The molecule has 2 rings (SSSR count). The number of hydrogen-bond acceptors (Lipinski definition) is 2. The van der Waals surface area contributed by atoms with Gasteiger partial charge in [0.15, 0.2) is 0 Å². The summed E-state index contributed by atoms with van der Waals surface area (Å²) in [5.41, 5.74) is 4.00. The Hall–Kier alpha value is -0.640. The van der Waals surface area contributed by atoms with Gasteiger partial charge in [-0.25, -0.2) is 0 Å². The highest BCUT2D eigenvalue weighted by Crippen LogP contribution is 2.21. The highest BCUT2D eigenvalue weighted by Gasteiger charge is 2.02. The summed E-state index contributed by atoms with van der Waals surface area (Å²) in [6, 6.07) is 8.80. The van der Waals surface area contributed by atoms with E-state index in [2.05, 4.69) is 66.3 Å². The lowest BCUT2D eigenvalue weighted by molar-refractivity contribution is 0.700. The zero-order chi connectivity index (χ0) is 13.1. The lowest BCUT2D eigenvalue weighted by atomic mass is 10.1. The Kier molecular flexibility index (Phi) is 4.60. The molecule has 1 N–H and O–H groups in total. The van der Waals surface area contributed by atoms with E-state index in [-0.39, 0.29) is 0 Å². The molecular formula is C15H18BrNS. The molecule has 0 aliphatic rings. The minimum absolute atomic E-state index is 0.912. The summed E-state index contributed by atoms with van der Waals surface area (Å²) < 4.78 is 1.18. The van der Waals surface area contributed by atoms with Crippen molar-refractivity contribution in [1.82, 2.24) is 5.32 Å². The molecular weight excluding hydrogens is 306 g/mol. The van der Waals surface area contributed by atoms with Crippen LogP contribution in [0.3, 0.4) is 0 Å². The lowest BCUT2D eigenvalue weighted by Gasteiger charge is -2.05. The average Bonchev–Trinajstić information content (AvgIpc) is 2.63. The molecule has 1 aromatic heterocycles. The first kappa shape index (κ1) is 13.8. The summed E-state index contributed by atoms with van der Waals surface area (Å²) in [7, 11) is 0. The molecule has 0 bridgehead atoms. The maximum Gasteiger partial charge on any atom is 0.0303 e. The van der Waals surface area contributed by atoms with Crippen molar-refractivity contribution in [2.75, 3.05) is 0 Å². The van der Waals surface area contributed by atoms with Crippen LogP contribution in [0.2, 0.25) is 0 Å². The van der Waals surface area contributed by atoms with E-state index in [1.165, 1.54) is 30.9 Å². The first-order valence-electron chi connectivity index (χ1n) is 6.08. The molecule has 18 heavy (non-hydrogen) atoms. The van der Waals surface area contributed by atoms with Crippen molar-refractivity contribution in [1.29, 1.82) is 0 Å². The van der Waals surface area contributed by atoms with Crippen LogP contribution in [0, 0.1) is 20.8 Å². The topological polar surface area (TPSA) is 12.0 Å². The van der Waals surface area contributed by atoms with Crippen LogP contribution in [0.5, 0.6) is 0 Å². The van der Waals surface area contributed by atoms with Crippen LogP contribution < -0.4 is 5.32 Å². The third-order valence-corrected chi connectivity index (χ3v) is 5.09. The Morgan fingerprint density at radius 2 is 1.83 bits per heavy atom. The fourth-order valence-corrected chi connectivity index (χ4v) is 3.26. The predicted molar refractivity (Wildman–Crippen MR) is 83.2 cm³/mol. The van der Waals surface area contributed by atoms with E-state index in [0.717, 1.165) is 13.1 Å². The molecule has 2 aromatic rings. The Labute approximate surface area is 121 Å². The molecule has 0 aliphatic carbocycles. The largest absolute Gasteiger partial charge is 0.308 e. The monoisotopic (exact) mass is 323 g/mol. The molecule has 0 saturated carbocycles. The first-order valence-corrected chi connectivity index (χ1v) is 7.69. The second-order valence-corrected chi connectivity index (χ2v) is 6.83. The Morgan fingerprint density at radius 1 is 1.06 bits per heavy atom. The van der Waals surface area contributed by atoms with Crippen molar-refractivity contribution >= 4 is 27.3 Å². The van der Waals surface area contributed by atoms with E-state index in [1.807, 2.05) is 11.3 Å². The minimum atomic E-state index is 0.912. The number of benzene rings is 1. The second-order valence-electron chi connectivity index (χ2n) is 4.64. The van der Waals surface area contributed by atoms with E-state index < -0.39 is 0 Å². The van der Waals surface area contributed by atoms with Gasteiger partial charge in [0.25, 0.3) is 0 Å². The molecule has 1 heterocycles. The van der Waals surface area contributed by atoms with Gasteiger partial charge in [-0.05, 0) is 49.6 Å². The molecule has 0 radical (unpaired) electrons. The highest BCUT2D eigenvalue weighted by atomic mass is 79.9. The molecule has 0 unspecified atom stereocenters. The summed E-state index contributed by atoms with van der Waals surface area (Å²) >= 11 is 5.45. The van der Waals surface area contributed by atoms with Crippen molar-refractivity contribution < 1.29 is 0 Å². The van der Waals surface area contributed by atoms with Crippen LogP contribution in [0.1, 0.15) is 26.4 Å². The molecule has 0 fully saturated rings. The van der Waals surface area contributed by atoms with Gasteiger partial charge in [0, 0.05) is 27.3 Å². The number of thiophene rings is 1. The maximum absolute atomic E-state index is 3.57. The van der Waals surface area contributed by atoms with Gasteiger partial charge in [-0.3, -0.25) is 0 Å². The summed E-state index contributed by atoms with van der Waals surface area (Å²) in [5, 5.41) is 3.49. The number of rotatable bonds is 4. The third kappa shape index (κ3) is 3.44. The number of aryl methyl sites for hydroxylation is 3. The van der Waals surface area contributed by atoms with Gasteiger partial charge in [0.2, 0.25) is 0 Å². The van der Waals surface area contributed by atoms with E-state index in [0.29, 0.717) is 0 Å².